The van der Waals surface area contributed by atoms with E-state index in [-0.39, 0.29) is 24.6 Å². The molecular formula is C20H24N2O3. The first-order chi connectivity index (χ1) is 12.0. The topological polar surface area (TPSA) is 50.8 Å². The van der Waals surface area contributed by atoms with Crippen LogP contribution in [0.2, 0.25) is 0 Å². The summed E-state index contributed by atoms with van der Waals surface area (Å²) in [4.78, 5) is 13.2. The van der Waals surface area contributed by atoms with Gasteiger partial charge >= 0.3 is 0 Å². The minimum absolute atomic E-state index is 0.0438. The molecule has 5 nitrogen and oxygen atoms in total. The van der Waals surface area contributed by atoms with E-state index in [4.69, 9.17) is 9.47 Å². The summed E-state index contributed by atoms with van der Waals surface area (Å²) in [5, 5.41) is 3.61. The van der Waals surface area contributed by atoms with E-state index in [9.17, 15) is 4.79 Å². The van der Waals surface area contributed by atoms with Gasteiger partial charge in [0.2, 0.25) is 0 Å². The Morgan fingerprint density at radius 1 is 1.28 bits per heavy atom. The molecular weight excluding hydrogens is 316 g/mol. The van der Waals surface area contributed by atoms with Gasteiger partial charge in [0.05, 0.1) is 6.04 Å². The lowest BCUT2D eigenvalue weighted by Gasteiger charge is -2.20. The van der Waals surface area contributed by atoms with Crippen molar-refractivity contribution >= 4 is 5.91 Å². The number of amides is 1. The third-order valence-corrected chi connectivity index (χ3v) is 4.37. The molecule has 2 aromatic carbocycles. The molecule has 1 heterocycles. The SMILES string of the molecule is C[C@H](N[C@H]1COc2ccccc21)c1cccc(OCC(=O)N(C)C)c1. The first-order valence-electron chi connectivity index (χ1n) is 8.45. The molecule has 0 aliphatic carbocycles. The molecule has 0 saturated carbocycles. The largest absolute Gasteiger partial charge is 0.491 e. The lowest BCUT2D eigenvalue weighted by atomic mass is 10.0. The molecule has 0 fully saturated rings. The highest BCUT2D eigenvalue weighted by molar-refractivity contribution is 5.77. The number of para-hydroxylation sites is 1. The van der Waals surface area contributed by atoms with Gasteiger partial charge < -0.3 is 19.7 Å². The van der Waals surface area contributed by atoms with Crippen molar-refractivity contribution in [3.05, 3.63) is 59.7 Å². The summed E-state index contributed by atoms with van der Waals surface area (Å²) < 4.78 is 11.3. The van der Waals surface area contributed by atoms with Gasteiger partial charge in [0, 0.05) is 25.7 Å². The number of benzene rings is 2. The summed E-state index contributed by atoms with van der Waals surface area (Å²) in [6, 6.07) is 16.3. The molecule has 0 radical (unpaired) electrons. The van der Waals surface area contributed by atoms with Crippen LogP contribution in [-0.2, 0) is 4.79 Å². The van der Waals surface area contributed by atoms with Gasteiger partial charge in [-0.2, -0.15) is 0 Å². The number of ether oxygens (including phenoxy) is 2. The van der Waals surface area contributed by atoms with Crippen LogP contribution in [0.25, 0.3) is 0 Å². The Morgan fingerprint density at radius 3 is 2.88 bits per heavy atom. The second kappa shape index (κ2) is 7.57. The number of hydrogen-bond donors (Lipinski definition) is 1. The molecule has 2 atom stereocenters. The van der Waals surface area contributed by atoms with Crippen LogP contribution in [0, 0.1) is 0 Å². The van der Waals surface area contributed by atoms with Crippen molar-refractivity contribution in [1.82, 2.24) is 10.2 Å². The van der Waals surface area contributed by atoms with Crippen LogP contribution in [0.5, 0.6) is 11.5 Å². The standard InChI is InChI=1S/C20H24N2O3/c1-14(21-18-12-25-19-10-5-4-9-17(18)19)15-7-6-8-16(11-15)24-13-20(23)22(2)3/h4-11,14,18,21H,12-13H2,1-3H3/t14-,18-/m0/s1. The van der Waals surface area contributed by atoms with E-state index < -0.39 is 0 Å². The number of carbonyl (C=O) groups excluding carboxylic acids is 1. The van der Waals surface area contributed by atoms with Crippen LogP contribution in [0.4, 0.5) is 0 Å². The normalized spacial score (nSPS) is 16.7. The fraction of sp³-hybridized carbons (Fsp3) is 0.350. The Balaban J connectivity index is 1.64. The summed E-state index contributed by atoms with van der Waals surface area (Å²) >= 11 is 0. The van der Waals surface area contributed by atoms with Crippen molar-refractivity contribution in [2.45, 2.75) is 19.0 Å². The smallest absolute Gasteiger partial charge is 0.259 e. The third kappa shape index (κ3) is 4.12. The lowest BCUT2D eigenvalue weighted by molar-refractivity contribution is -0.130. The fourth-order valence-electron chi connectivity index (χ4n) is 2.85. The Labute approximate surface area is 148 Å². The molecule has 5 heteroatoms. The lowest BCUT2D eigenvalue weighted by Crippen LogP contribution is -2.27. The van der Waals surface area contributed by atoms with Gasteiger partial charge in [-0.25, -0.2) is 0 Å². The number of likely N-dealkylation sites (N-methyl/N-ethyl adjacent to an activating group) is 1. The van der Waals surface area contributed by atoms with Gasteiger partial charge in [0.1, 0.15) is 18.1 Å². The molecule has 25 heavy (non-hydrogen) atoms. The maximum Gasteiger partial charge on any atom is 0.259 e. The molecule has 0 spiro atoms. The first-order valence-corrected chi connectivity index (χ1v) is 8.45. The highest BCUT2D eigenvalue weighted by Crippen LogP contribution is 2.33. The van der Waals surface area contributed by atoms with Crippen molar-refractivity contribution < 1.29 is 14.3 Å². The molecule has 2 aromatic rings. The summed E-state index contributed by atoms with van der Waals surface area (Å²) in [5.74, 6) is 1.59. The van der Waals surface area contributed by atoms with Crippen LogP contribution in [0.3, 0.4) is 0 Å². The zero-order valence-electron chi connectivity index (χ0n) is 14.9. The van der Waals surface area contributed by atoms with Crippen molar-refractivity contribution in [3.63, 3.8) is 0 Å². The average molecular weight is 340 g/mol. The van der Waals surface area contributed by atoms with E-state index in [1.807, 2.05) is 36.4 Å². The highest BCUT2D eigenvalue weighted by atomic mass is 16.5. The number of rotatable bonds is 6. The Kier molecular flexibility index (Phi) is 5.24. The van der Waals surface area contributed by atoms with Gasteiger partial charge in [-0.3, -0.25) is 4.79 Å². The number of nitrogens with one attached hydrogen (secondary N) is 1. The first kappa shape index (κ1) is 17.3. The van der Waals surface area contributed by atoms with Crippen LogP contribution < -0.4 is 14.8 Å². The number of nitrogens with zero attached hydrogens (tertiary/aromatic N) is 1. The van der Waals surface area contributed by atoms with Gasteiger partial charge in [0.15, 0.2) is 6.61 Å². The number of carbonyl (C=O) groups is 1. The molecule has 1 aliphatic heterocycles. The Morgan fingerprint density at radius 2 is 2.08 bits per heavy atom. The molecule has 0 saturated heterocycles. The van der Waals surface area contributed by atoms with E-state index in [0.717, 1.165) is 11.3 Å². The van der Waals surface area contributed by atoms with Gasteiger partial charge in [0.25, 0.3) is 5.91 Å². The summed E-state index contributed by atoms with van der Waals surface area (Å²) in [5.41, 5.74) is 2.30. The average Bonchev–Trinajstić information content (AvgIpc) is 3.03. The van der Waals surface area contributed by atoms with Crippen molar-refractivity contribution in [1.29, 1.82) is 0 Å². The quantitative estimate of drug-likeness (QED) is 0.878. The third-order valence-electron chi connectivity index (χ3n) is 4.37. The van der Waals surface area contributed by atoms with Crippen molar-refractivity contribution in [2.24, 2.45) is 0 Å². The van der Waals surface area contributed by atoms with Gasteiger partial charge in [-0.15, -0.1) is 0 Å². The second-order valence-electron chi connectivity index (χ2n) is 6.44. The number of fused-ring (bicyclic) bond motifs is 1. The van der Waals surface area contributed by atoms with E-state index in [1.54, 1.807) is 14.1 Å². The predicted octanol–water partition coefficient (Wildman–Crippen LogP) is 2.94. The van der Waals surface area contributed by atoms with E-state index in [0.29, 0.717) is 12.4 Å². The van der Waals surface area contributed by atoms with Crippen LogP contribution in [0.15, 0.2) is 48.5 Å². The van der Waals surface area contributed by atoms with Crippen molar-refractivity contribution in [2.75, 3.05) is 27.3 Å². The van der Waals surface area contributed by atoms with Crippen LogP contribution >= 0.6 is 0 Å². The molecule has 0 unspecified atom stereocenters. The zero-order chi connectivity index (χ0) is 17.8. The van der Waals surface area contributed by atoms with Crippen molar-refractivity contribution in [3.8, 4) is 11.5 Å². The maximum absolute atomic E-state index is 11.7. The summed E-state index contributed by atoms with van der Waals surface area (Å²) in [6.07, 6.45) is 0. The summed E-state index contributed by atoms with van der Waals surface area (Å²) in [6.45, 7) is 2.80. The van der Waals surface area contributed by atoms with E-state index in [1.165, 1.54) is 10.5 Å². The maximum atomic E-state index is 11.7. The fourth-order valence-corrected chi connectivity index (χ4v) is 2.85. The molecule has 0 bridgehead atoms. The van der Waals surface area contributed by atoms with Crippen LogP contribution in [-0.4, -0.2) is 38.1 Å². The van der Waals surface area contributed by atoms with Gasteiger partial charge in [-0.05, 0) is 30.7 Å². The Bertz CT molecular complexity index is 745. The monoisotopic (exact) mass is 340 g/mol. The zero-order valence-corrected chi connectivity index (χ0v) is 14.9. The predicted molar refractivity (Wildman–Crippen MR) is 96.9 cm³/mol. The van der Waals surface area contributed by atoms with E-state index >= 15 is 0 Å². The van der Waals surface area contributed by atoms with Crippen LogP contribution in [0.1, 0.15) is 30.1 Å². The highest BCUT2D eigenvalue weighted by Gasteiger charge is 2.25. The molecule has 1 N–H and O–H groups in total. The minimum Gasteiger partial charge on any atom is -0.491 e. The molecule has 132 valence electrons. The second-order valence-corrected chi connectivity index (χ2v) is 6.44. The molecule has 0 aromatic heterocycles. The minimum atomic E-state index is -0.0590. The van der Waals surface area contributed by atoms with E-state index in [2.05, 4.69) is 24.4 Å². The molecule has 1 aliphatic rings. The summed E-state index contributed by atoms with van der Waals surface area (Å²) in [7, 11) is 3.44. The number of hydrogen-bond acceptors (Lipinski definition) is 4. The molecule has 1 amide bonds. The molecule has 3 rings (SSSR count). The Hall–Kier alpha value is -2.53. The van der Waals surface area contributed by atoms with Gasteiger partial charge in [-0.1, -0.05) is 30.3 Å².